The first-order valence-corrected chi connectivity index (χ1v) is 7.89. The second-order valence-electron chi connectivity index (χ2n) is 5.43. The predicted octanol–water partition coefficient (Wildman–Crippen LogP) is 3.75. The topological polar surface area (TPSA) is 60.5 Å². The van der Waals surface area contributed by atoms with Gasteiger partial charge >= 0.3 is 6.18 Å². The van der Waals surface area contributed by atoms with Crippen LogP contribution in [0.3, 0.4) is 0 Å². The molecule has 0 saturated carbocycles. The van der Waals surface area contributed by atoms with E-state index in [1.165, 1.54) is 14.0 Å². The number of carbonyl (C=O) groups is 1. The normalized spacial score (nSPS) is 11.2. The molecule has 0 fully saturated rings. The van der Waals surface area contributed by atoms with Crippen LogP contribution in [-0.2, 0) is 12.7 Å². The third-order valence-electron chi connectivity index (χ3n) is 3.60. The minimum absolute atomic E-state index is 0.0154. The number of halogens is 3. The Morgan fingerprint density at radius 3 is 2.50 bits per heavy atom. The molecular weight excluding hydrogens is 349 g/mol. The van der Waals surface area contributed by atoms with Gasteiger partial charge < -0.3 is 14.8 Å². The average Bonchev–Trinajstić information content (AvgIpc) is 2.59. The van der Waals surface area contributed by atoms with Crippen LogP contribution in [0.25, 0.3) is 0 Å². The summed E-state index contributed by atoms with van der Waals surface area (Å²) in [6, 6.07) is 7.14. The molecule has 0 unspecified atom stereocenters. The number of pyridine rings is 1. The largest absolute Gasteiger partial charge is 0.493 e. The number of aryl methyl sites for hydroxylation is 1. The molecule has 5 nitrogen and oxygen atoms in total. The van der Waals surface area contributed by atoms with Crippen LogP contribution < -0.4 is 14.8 Å². The van der Waals surface area contributed by atoms with E-state index in [1.54, 1.807) is 18.2 Å². The molecule has 0 saturated heterocycles. The lowest BCUT2D eigenvalue weighted by atomic mass is 10.1. The Morgan fingerprint density at radius 2 is 1.92 bits per heavy atom. The molecule has 0 aliphatic carbocycles. The van der Waals surface area contributed by atoms with Gasteiger partial charge in [0.25, 0.3) is 5.91 Å². The fraction of sp³-hybridized carbons (Fsp3) is 0.333. The van der Waals surface area contributed by atoms with Crippen molar-refractivity contribution in [2.75, 3.05) is 13.7 Å². The summed E-state index contributed by atoms with van der Waals surface area (Å²) in [5.41, 5.74) is -0.156. The van der Waals surface area contributed by atoms with Crippen LogP contribution in [0.15, 0.2) is 30.3 Å². The van der Waals surface area contributed by atoms with Crippen LogP contribution in [0.1, 0.15) is 34.2 Å². The number of nitrogens with one attached hydrogen (secondary N) is 1. The lowest BCUT2D eigenvalue weighted by Crippen LogP contribution is -2.24. The van der Waals surface area contributed by atoms with Gasteiger partial charge in [-0.3, -0.25) is 4.79 Å². The molecule has 0 bridgehead atoms. The van der Waals surface area contributed by atoms with Crippen molar-refractivity contribution >= 4 is 5.91 Å². The van der Waals surface area contributed by atoms with E-state index in [0.717, 1.165) is 17.7 Å². The van der Waals surface area contributed by atoms with Gasteiger partial charge in [0.2, 0.25) is 0 Å². The van der Waals surface area contributed by atoms with Gasteiger partial charge in [-0.2, -0.15) is 13.2 Å². The summed E-state index contributed by atoms with van der Waals surface area (Å²) in [6.45, 7) is 3.90. The minimum Gasteiger partial charge on any atom is -0.493 e. The van der Waals surface area contributed by atoms with Crippen molar-refractivity contribution in [3.05, 3.63) is 52.8 Å². The first-order valence-electron chi connectivity index (χ1n) is 7.89. The Kier molecular flexibility index (Phi) is 6.07. The maximum Gasteiger partial charge on any atom is 0.433 e. The SMILES string of the molecule is CCOc1ccc(CNC(=O)c2ccc(C(F)(F)F)nc2C)cc1OC. The molecule has 1 aromatic heterocycles. The highest BCUT2D eigenvalue weighted by Gasteiger charge is 2.33. The van der Waals surface area contributed by atoms with Crippen molar-refractivity contribution in [2.24, 2.45) is 0 Å². The highest BCUT2D eigenvalue weighted by atomic mass is 19.4. The van der Waals surface area contributed by atoms with E-state index in [1.807, 2.05) is 6.92 Å². The standard InChI is InChI=1S/C18H19F3N2O3/c1-4-26-14-7-5-12(9-15(14)25-3)10-22-17(24)13-6-8-16(18(19,20)21)23-11(13)2/h5-9H,4,10H2,1-3H3,(H,22,24). The molecule has 1 N–H and O–H groups in total. The van der Waals surface area contributed by atoms with E-state index >= 15 is 0 Å². The zero-order valence-corrected chi connectivity index (χ0v) is 14.6. The van der Waals surface area contributed by atoms with Crippen molar-refractivity contribution in [1.29, 1.82) is 0 Å². The van der Waals surface area contributed by atoms with Gasteiger partial charge in [0.1, 0.15) is 5.69 Å². The molecule has 0 aliphatic heterocycles. The summed E-state index contributed by atoms with van der Waals surface area (Å²) in [4.78, 5) is 15.7. The highest BCUT2D eigenvalue weighted by molar-refractivity contribution is 5.95. The van der Waals surface area contributed by atoms with Gasteiger partial charge in [-0.1, -0.05) is 6.07 Å². The summed E-state index contributed by atoms with van der Waals surface area (Å²) in [6.07, 6.45) is -4.54. The molecule has 0 spiro atoms. The van der Waals surface area contributed by atoms with Crippen molar-refractivity contribution in [3.63, 3.8) is 0 Å². The molecule has 0 radical (unpaired) electrons. The smallest absolute Gasteiger partial charge is 0.433 e. The third-order valence-corrected chi connectivity index (χ3v) is 3.60. The number of alkyl halides is 3. The van der Waals surface area contributed by atoms with E-state index in [9.17, 15) is 18.0 Å². The number of aromatic nitrogens is 1. The van der Waals surface area contributed by atoms with Crippen LogP contribution in [0.4, 0.5) is 13.2 Å². The summed E-state index contributed by atoms with van der Waals surface area (Å²) in [5, 5.41) is 2.66. The fourth-order valence-corrected chi connectivity index (χ4v) is 2.33. The molecule has 26 heavy (non-hydrogen) atoms. The predicted molar refractivity (Wildman–Crippen MR) is 89.3 cm³/mol. The van der Waals surface area contributed by atoms with Crippen molar-refractivity contribution < 1.29 is 27.4 Å². The Bertz CT molecular complexity index is 792. The molecule has 8 heteroatoms. The van der Waals surface area contributed by atoms with Gasteiger partial charge in [0.05, 0.1) is 25.0 Å². The monoisotopic (exact) mass is 368 g/mol. The molecule has 1 aromatic carbocycles. The van der Waals surface area contributed by atoms with E-state index in [0.29, 0.717) is 18.1 Å². The zero-order chi connectivity index (χ0) is 19.3. The van der Waals surface area contributed by atoms with Gasteiger partial charge in [-0.25, -0.2) is 4.98 Å². The Morgan fingerprint density at radius 1 is 1.19 bits per heavy atom. The summed E-state index contributed by atoms with van der Waals surface area (Å²) >= 11 is 0. The number of nitrogens with zero attached hydrogens (tertiary/aromatic N) is 1. The second-order valence-corrected chi connectivity index (χ2v) is 5.43. The fourth-order valence-electron chi connectivity index (χ4n) is 2.33. The first kappa shape index (κ1) is 19.6. The quantitative estimate of drug-likeness (QED) is 0.844. The number of amides is 1. The molecule has 0 atom stereocenters. The van der Waals surface area contributed by atoms with E-state index in [2.05, 4.69) is 10.3 Å². The lowest BCUT2D eigenvalue weighted by molar-refractivity contribution is -0.141. The molecular formula is C18H19F3N2O3. The minimum atomic E-state index is -4.54. The molecule has 140 valence electrons. The number of carbonyl (C=O) groups excluding carboxylic acids is 1. The molecule has 1 heterocycles. The number of hydrogen-bond acceptors (Lipinski definition) is 4. The summed E-state index contributed by atoms with van der Waals surface area (Å²) in [5.74, 6) is 0.621. The van der Waals surface area contributed by atoms with Gasteiger partial charge in [-0.15, -0.1) is 0 Å². The summed E-state index contributed by atoms with van der Waals surface area (Å²) < 4.78 is 48.6. The molecule has 2 aromatic rings. The van der Waals surface area contributed by atoms with Gasteiger partial charge in [0, 0.05) is 6.54 Å². The second kappa shape index (κ2) is 8.07. The number of hydrogen-bond donors (Lipinski definition) is 1. The van der Waals surface area contributed by atoms with Crippen LogP contribution in [-0.4, -0.2) is 24.6 Å². The highest BCUT2D eigenvalue weighted by Crippen LogP contribution is 2.29. The zero-order valence-electron chi connectivity index (χ0n) is 14.6. The van der Waals surface area contributed by atoms with Crippen LogP contribution >= 0.6 is 0 Å². The Hall–Kier alpha value is -2.77. The van der Waals surface area contributed by atoms with Crippen LogP contribution in [0, 0.1) is 6.92 Å². The van der Waals surface area contributed by atoms with E-state index < -0.39 is 17.8 Å². The van der Waals surface area contributed by atoms with E-state index in [4.69, 9.17) is 9.47 Å². The molecule has 2 rings (SSSR count). The van der Waals surface area contributed by atoms with Crippen molar-refractivity contribution in [1.82, 2.24) is 10.3 Å². The van der Waals surface area contributed by atoms with Crippen LogP contribution in [0.5, 0.6) is 11.5 Å². The maximum atomic E-state index is 12.6. The maximum absolute atomic E-state index is 12.6. The molecule has 1 amide bonds. The molecule has 0 aliphatic rings. The number of methoxy groups -OCH3 is 1. The summed E-state index contributed by atoms with van der Waals surface area (Å²) in [7, 11) is 1.51. The number of rotatable bonds is 6. The van der Waals surface area contributed by atoms with E-state index in [-0.39, 0.29) is 17.8 Å². The average molecular weight is 368 g/mol. The van der Waals surface area contributed by atoms with Gasteiger partial charge in [0.15, 0.2) is 11.5 Å². The first-order chi connectivity index (χ1) is 12.3. The van der Waals surface area contributed by atoms with Crippen LogP contribution in [0.2, 0.25) is 0 Å². The van der Waals surface area contributed by atoms with Gasteiger partial charge in [-0.05, 0) is 43.7 Å². The van der Waals surface area contributed by atoms with Crippen molar-refractivity contribution in [3.8, 4) is 11.5 Å². The number of benzene rings is 1. The van der Waals surface area contributed by atoms with Crippen molar-refractivity contribution in [2.45, 2.75) is 26.6 Å². The Balaban J connectivity index is 2.09. The number of ether oxygens (including phenoxy) is 2. The third kappa shape index (κ3) is 4.65. The lowest BCUT2D eigenvalue weighted by Gasteiger charge is -2.12. The Labute approximate surface area is 149 Å².